The predicted octanol–water partition coefficient (Wildman–Crippen LogP) is 1.90. The number of carbonyl (C=O) groups is 2. The van der Waals surface area contributed by atoms with Gasteiger partial charge in [-0.3, -0.25) is 4.79 Å². The van der Waals surface area contributed by atoms with E-state index in [4.69, 9.17) is 9.47 Å². The Morgan fingerprint density at radius 1 is 1.24 bits per heavy atom. The third-order valence-electron chi connectivity index (χ3n) is 3.18. The van der Waals surface area contributed by atoms with Crippen LogP contribution < -0.4 is 15.4 Å². The van der Waals surface area contributed by atoms with E-state index in [0.717, 1.165) is 0 Å². The van der Waals surface area contributed by atoms with Gasteiger partial charge in [0.15, 0.2) is 0 Å². The minimum atomic E-state index is -1.19. The van der Waals surface area contributed by atoms with Crippen molar-refractivity contribution in [1.82, 2.24) is 10.6 Å². The molecule has 0 aliphatic heterocycles. The van der Waals surface area contributed by atoms with Gasteiger partial charge in [-0.05, 0) is 45.4 Å². The predicted molar refractivity (Wildman–Crippen MR) is 89.8 cm³/mol. The van der Waals surface area contributed by atoms with Crippen molar-refractivity contribution in [2.75, 3.05) is 13.7 Å². The number of hydrogen-bond acceptors (Lipinski definition) is 5. The van der Waals surface area contributed by atoms with Gasteiger partial charge in [-0.1, -0.05) is 0 Å². The van der Waals surface area contributed by atoms with E-state index < -0.39 is 42.1 Å². The zero-order valence-electron chi connectivity index (χ0n) is 15.1. The fourth-order valence-electron chi connectivity index (χ4n) is 1.99. The molecule has 140 valence electrons. The molecule has 1 aromatic rings. The summed E-state index contributed by atoms with van der Waals surface area (Å²) in [5, 5.41) is 14.2. The monoisotopic (exact) mass is 356 g/mol. The Morgan fingerprint density at radius 2 is 1.88 bits per heavy atom. The highest BCUT2D eigenvalue weighted by molar-refractivity contribution is 5.86. The second kappa shape index (κ2) is 8.66. The third kappa shape index (κ3) is 6.96. The van der Waals surface area contributed by atoms with Gasteiger partial charge in [-0.15, -0.1) is 0 Å². The number of hydrogen-bond donors (Lipinski definition) is 3. The van der Waals surface area contributed by atoms with Gasteiger partial charge in [0.05, 0.1) is 19.8 Å². The summed E-state index contributed by atoms with van der Waals surface area (Å²) in [4.78, 5) is 24.0. The summed E-state index contributed by atoms with van der Waals surface area (Å²) in [6.07, 6.45) is -0.818. The Labute approximate surface area is 146 Å². The third-order valence-corrected chi connectivity index (χ3v) is 3.18. The molecule has 1 rings (SSSR count). The van der Waals surface area contributed by atoms with Crippen molar-refractivity contribution in [3.8, 4) is 5.75 Å². The van der Waals surface area contributed by atoms with Gasteiger partial charge in [-0.25, -0.2) is 9.18 Å². The lowest BCUT2D eigenvalue weighted by Crippen LogP contribution is -2.50. The molecule has 3 N–H and O–H groups in total. The minimum absolute atomic E-state index is 0.321. The zero-order valence-corrected chi connectivity index (χ0v) is 15.1. The Morgan fingerprint density at radius 3 is 2.40 bits per heavy atom. The summed E-state index contributed by atoms with van der Waals surface area (Å²) in [5.74, 6) is -0.799. The molecule has 0 radical (unpaired) electrons. The second-order valence-electron chi connectivity index (χ2n) is 6.54. The maximum atomic E-state index is 13.6. The fourth-order valence-corrected chi connectivity index (χ4v) is 1.99. The van der Waals surface area contributed by atoms with E-state index in [2.05, 4.69) is 10.6 Å². The molecule has 0 heterocycles. The molecule has 0 spiro atoms. The highest BCUT2D eigenvalue weighted by Crippen LogP contribution is 2.21. The largest absolute Gasteiger partial charge is 0.497 e. The molecule has 0 bridgehead atoms. The number of aliphatic hydroxyl groups excluding tert-OH is 1. The Balaban J connectivity index is 2.74. The molecule has 0 unspecified atom stereocenters. The molecular formula is C17H25FN2O5. The number of nitrogens with one attached hydrogen (secondary N) is 2. The fraction of sp³-hybridized carbons (Fsp3) is 0.529. The van der Waals surface area contributed by atoms with Gasteiger partial charge >= 0.3 is 6.09 Å². The molecule has 8 heteroatoms. The lowest BCUT2D eigenvalue weighted by molar-refractivity contribution is -0.124. The van der Waals surface area contributed by atoms with Crippen LogP contribution >= 0.6 is 0 Å². The molecule has 0 aliphatic carbocycles. The minimum Gasteiger partial charge on any atom is -0.497 e. The van der Waals surface area contributed by atoms with Crippen LogP contribution in [0.3, 0.4) is 0 Å². The van der Waals surface area contributed by atoms with Gasteiger partial charge in [0.2, 0.25) is 5.91 Å². The van der Waals surface area contributed by atoms with Crippen LogP contribution in [0.4, 0.5) is 9.18 Å². The molecule has 0 aromatic heterocycles. The first-order valence-corrected chi connectivity index (χ1v) is 7.81. The van der Waals surface area contributed by atoms with Gasteiger partial charge in [0.1, 0.15) is 23.2 Å². The molecule has 7 nitrogen and oxygen atoms in total. The molecular weight excluding hydrogens is 331 g/mol. The summed E-state index contributed by atoms with van der Waals surface area (Å²) in [6, 6.07) is 2.32. The molecule has 0 saturated carbocycles. The van der Waals surface area contributed by atoms with Crippen molar-refractivity contribution in [2.45, 2.75) is 45.4 Å². The van der Waals surface area contributed by atoms with Gasteiger partial charge in [0.25, 0.3) is 0 Å². The quantitative estimate of drug-likeness (QED) is 0.723. The lowest BCUT2D eigenvalue weighted by atomic mass is 10.1. The highest BCUT2D eigenvalue weighted by atomic mass is 19.1. The smallest absolute Gasteiger partial charge is 0.408 e. The molecule has 2 amide bonds. The standard InChI is InChI=1S/C17H25FN2O5/c1-10(11-6-12(18)8-13(7-11)24-5)19-15(22)14(9-21)20-16(23)25-17(2,3)4/h6-8,10,14,21H,9H2,1-5H3,(H,19,22)(H,20,23)/t10-,14-/m1/s1. The molecule has 1 aromatic carbocycles. The van der Waals surface area contributed by atoms with E-state index in [1.165, 1.54) is 19.2 Å². The van der Waals surface area contributed by atoms with Crippen LogP contribution in [0, 0.1) is 5.82 Å². The highest BCUT2D eigenvalue weighted by Gasteiger charge is 2.25. The average Bonchev–Trinajstić information content (AvgIpc) is 2.49. The van der Waals surface area contributed by atoms with Crippen molar-refractivity contribution >= 4 is 12.0 Å². The van der Waals surface area contributed by atoms with E-state index in [0.29, 0.717) is 11.3 Å². The SMILES string of the molecule is COc1cc(F)cc([C@@H](C)NC(=O)[C@@H](CO)NC(=O)OC(C)(C)C)c1. The molecule has 2 atom stereocenters. The first kappa shape index (κ1) is 20.7. The van der Waals surface area contributed by atoms with Crippen molar-refractivity contribution in [2.24, 2.45) is 0 Å². The molecule has 0 saturated heterocycles. The van der Waals surface area contributed by atoms with Crippen molar-refractivity contribution in [3.63, 3.8) is 0 Å². The van der Waals surface area contributed by atoms with E-state index >= 15 is 0 Å². The normalized spacial score (nSPS) is 13.6. The number of aliphatic hydroxyl groups is 1. The summed E-state index contributed by atoms with van der Waals surface area (Å²) in [7, 11) is 1.41. The molecule has 25 heavy (non-hydrogen) atoms. The summed E-state index contributed by atoms with van der Waals surface area (Å²) in [5.41, 5.74) is -0.245. The van der Waals surface area contributed by atoms with E-state index in [1.54, 1.807) is 33.8 Å². The summed E-state index contributed by atoms with van der Waals surface area (Å²) < 4.78 is 23.6. The molecule has 0 aliphatic rings. The first-order chi connectivity index (χ1) is 11.6. The second-order valence-corrected chi connectivity index (χ2v) is 6.54. The van der Waals surface area contributed by atoms with Crippen molar-refractivity contribution in [1.29, 1.82) is 0 Å². The van der Waals surface area contributed by atoms with Crippen LogP contribution in [0.1, 0.15) is 39.3 Å². The van der Waals surface area contributed by atoms with Crippen molar-refractivity contribution in [3.05, 3.63) is 29.6 Å². The number of alkyl carbamates (subject to hydrolysis) is 1. The molecule has 0 fully saturated rings. The number of benzene rings is 1. The topological polar surface area (TPSA) is 96.9 Å². The number of ether oxygens (including phenoxy) is 2. The maximum absolute atomic E-state index is 13.6. The van der Waals surface area contributed by atoms with Crippen LogP contribution in [0.25, 0.3) is 0 Å². The average molecular weight is 356 g/mol. The van der Waals surface area contributed by atoms with Crippen LogP contribution in [0.15, 0.2) is 18.2 Å². The number of methoxy groups -OCH3 is 1. The van der Waals surface area contributed by atoms with Crippen LogP contribution in [-0.2, 0) is 9.53 Å². The summed E-state index contributed by atoms with van der Waals surface area (Å²) >= 11 is 0. The van der Waals surface area contributed by atoms with Crippen LogP contribution in [-0.4, -0.2) is 42.5 Å². The number of halogens is 1. The van der Waals surface area contributed by atoms with E-state index in [1.807, 2.05) is 0 Å². The Kier molecular flexibility index (Phi) is 7.17. The lowest BCUT2D eigenvalue weighted by Gasteiger charge is -2.23. The van der Waals surface area contributed by atoms with Gasteiger partial charge in [0, 0.05) is 6.07 Å². The van der Waals surface area contributed by atoms with E-state index in [-0.39, 0.29) is 0 Å². The first-order valence-electron chi connectivity index (χ1n) is 7.81. The van der Waals surface area contributed by atoms with Gasteiger partial charge < -0.3 is 25.2 Å². The number of carbonyl (C=O) groups excluding carboxylic acids is 2. The van der Waals surface area contributed by atoms with Crippen LogP contribution in [0.2, 0.25) is 0 Å². The van der Waals surface area contributed by atoms with Gasteiger partial charge in [-0.2, -0.15) is 0 Å². The summed E-state index contributed by atoms with van der Waals surface area (Å²) in [6.45, 7) is 6.08. The van der Waals surface area contributed by atoms with Crippen LogP contribution in [0.5, 0.6) is 5.75 Å². The number of amides is 2. The Bertz CT molecular complexity index is 616. The van der Waals surface area contributed by atoms with E-state index in [9.17, 15) is 19.1 Å². The zero-order chi connectivity index (χ0) is 19.2. The number of rotatable bonds is 6. The maximum Gasteiger partial charge on any atom is 0.408 e. The van der Waals surface area contributed by atoms with Crippen molar-refractivity contribution < 1.29 is 28.6 Å². The Hall–Kier alpha value is -2.35.